The molecule has 0 saturated carbocycles. The monoisotopic (exact) mass is 208 g/mol. The molecule has 0 aromatic carbocycles. The molecule has 0 aromatic rings. The van der Waals surface area contributed by atoms with Crippen molar-refractivity contribution in [1.29, 1.82) is 0 Å². The quantitative estimate of drug-likeness (QED) is 0.673. The summed E-state index contributed by atoms with van der Waals surface area (Å²) in [5.41, 5.74) is 1.46. The van der Waals surface area contributed by atoms with E-state index in [1.54, 1.807) is 0 Å². The zero-order chi connectivity index (χ0) is 10.7. The summed E-state index contributed by atoms with van der Waals surface area (Å²) in [5, 5.41) is 6.36. The summed E-state index contributed by atoms with van der Waals surface area (Å²) in [6, 6.07) is 0.431. The van der Waals surface area contributed by atoms with Crippen molar-refractivity contribution in [3.63, 3.8) is 0 Å². The maximum atomic E-state index is 11.8. The van der Waals surface area contributed by atoms with E-state index < -0.39 is 0 Å². The Morgan fingerprint density at radius 2 is 2.40 bits per heavy atom. The van der Waals surface area contributed by atoms with Gasteiger partial charge in [-0.25, -0.2) is 0 Å². The number of rotatable bonds is 2. The molecule has 1 aliphatic heterocycles. The van der Waals surface area contributed by atoms with Crippen LogP contribution in [0.2, 0.25) is 0 Å². The van der Waals surface area contributed by atoms with E-state index >= 15 is 0 Å². The predicted octanol–water partition coefficient (Wildman–Crippen LogP) is 1.35. The molecule has 1 saturated heterocycles. The van der Waals surface area contributed by atoms with Gasteiger partial charge in [0.15, 0.2) is 0 Å². The van der Waals surface area contributed by atoms with Crippen LogP contribution in [0, 0.1) is 0 Å². The molecular formula is C12H20N2O. The van der Waals surface area contributed by atoms with Crippen molar-refractivity contribution < 1.29 is 4.79 Å². The van der Waals surface area contributed by atoms with Gasteiger partial charge in [0.05, 0.1) is 6.04 Å². The van der Waals surface area contributed by atoms with E-state index in [1.807, 2.05) is 0 Å². The normalized spacial score (nSPS) is 31.1. The second-order valence-corrected chi connectivity index (χ2v) is 4.68. The molecule has 3 nitrogen and oxygen atoms in total. The summed E-state index contributed by atoms with van der Waals surface area (Å²) in [7, 11) is 0. The van der Waals surface area contributed by atoms with Gasteiger partial charge >= 0.3 is 0 Å². The Kier molecular flexibility index (Phi) is 3.41. The van der Waals surface area contributed by atoms with Crippen LogP contribution in [-0.4, -0.2) is 24.5 Å². The van der Waals surface area contributed by atoms with Crippen molar-refractivity contribution >= 4 is 5.91 Å². The van der Waals surface area contributed by atoms with Crippen LogP contribution in [0.25, 0.3) is 0 Å². The average Bonchev–Trinajstić information content (AvgIpc) is 2.74. The lowest BCUT2D eigenvalue weighted by Crippen LogP contribution is -2.45. The van der Waals surface area contributed by atoms with E-state index in [4.69, 9.17) is 0 Å². The minimum atomic E-state index is 0.0667. The molecule has 2 atom stereocenters. The van der Waals surface area contributed by atoms with Crippen molar-refractivity contribution in [3.8, 4) is 0 Å². The summed E-state index contributed by atoms with van der Waals surface area (Å²) in [4.78, 5) is 11.8. The van der Waals surface area contributed by atoms with Crippen molar-refractivity contribution in [2.45, 2.75) is 51.1 Å². The first kappa shape index (κ1) is 10.7. The fourth-order valence-electron chi connectivity index (χ4n) is 2.31. The van der Waals surface area contributed by atoms with E-state index in [9.17, 15) is 4.79 Å². The molecule has 1 heterocycles. The SMILES string of the molecule is CC1=CC[C@H](NC(=O)[C@@H]2CCCN2)CC1. The summed E-state index contributed by atoms with van der Waals surface area (Å²) in [5.74, 6) is 0.199. The largest absolute Gasteiger partial charge is 0.352 e. The first-order valence-electron chi connectivity index (χ1n) is 5.95. The predicted molar refractivity (Wildman–Crippen MR) is 60.6 cm³/mol. The summed E-state index contributed by atoms with van der Waals surface area (Å²) in [6.45, 7) is 3.15. The third-order valence-electron chi connectivity index (χ3n) is 3.36. The van der Waals surface area contributed by atoms with Gasteiger partial charge in [0.2, 0.25) is 5.91 Å². The highest BCUT2D eigenvalue weighted by Crippen LogP contribution is 2.17. The molecule has 1 aliphatic carbocycles. The van der Waals surface area contributed by atoms with Crippen molar-refractivity contribution in [3.05, 3.63) is 11.6 Å². The summed E-state index contributed by atoms with van der Waals surface area (Å²) >= 11 is 0. The fourth-order valence-corrected chi connectivity index (χ4v) is 2.31. The summed E-state index contributed by atoms with van der Waals surface area (Å²) in [6.07, 6.45) is 7.60. The van der Waals surface area contributed by atoms with Crippen LogP contribution in [0.4, 0.5) is 0 Å². The molecule has 0 radical (unpaired) electrons. The standard InChI is InChI=1S/C12H20N2O/c1-9-4-6-10(7-5-9)14-12(15)11-3-2-8-13-11/h4,10-11,13H,2-3,5-8H2,1H3,(H,14,15)/t10-,11-/m0/s1. The van der Waals surface area contributed by atoms with E-state index in [2.05, 4.69) is 23.6 Å². The van der Waals surface area contributed by atoms with Gasteiger partial charge in [-0.3, -0.25) is 4.79 Å². The van der Waals surface area contributed by atoms with Crippen LogP contribution in [0.1, 0.15) is 39.0 Å². The lowest BCUT2D eigenvalue weighted by molar-refractivity contribution is -0.123. The zero-order valence-electron chi connectivity index (χ0n) is 9.38. The van der Waals surface area contributed by atoms with E-state index in [0.717, 1.165) is 38.6 Å². The number of carbonyl (C=O) groups excluding carboxylic acids is 1. The molecule has 2 aliphatic rings. The van der Waals surface area contributed by atoms with Crippen molar-refractivity contribution in [2.24, 2.45) is 0 Å². The van der Waals surface area contributed by atoms with Crippen LogP contribution < -0.4 is 10.6 Å². The molecule has 1 amide bonds. The lowest BCUT2D eigenvalue weighted by atomic mass is 9.96. The molecule has 2 rings (SSSR count). The van der Waals surface area contributed by atoms with Crippen LogP contribution in [0.3, 0.4) is 0 Å². The molecule has 0 spiro atoms. The Morgan fingerprint density at radius 3 is 3.00 bits per heavy atom. The molecule has 3 heteroatoms. The Labute approximate surface area is 91.3 Å². The Morgan fingerprint density at radius 1 is 1.53 bits per heavy atom. The first-order valence-corrected chi connectivity index (χ1v) is 5.95. The Bertz CT molecular complexity index is 267. The average molecular weight is 208 g/mol. The highest BCUT2D eigenvalue weighted by Gasteiger charge is 2.24. The second-order valence-electron chi connectivity index (χ2n) is 4.68. The van der Waals surface area contributed by atoms with Crippen LogP contribution in [0.5, 0.6) is 0 Å². The van der Waals surface area contributed by atoms with E-state index in [0.29, 0.717) is 6.04 Å². The molecule has 0 bridgehead atoms. The maximum Gasteiger partial charge on any atom is 0.237 e. The summed E-state index contributed by atoms with van der Waals surface area (Å²) < 4.78 is 0. The zero-order valence-corrected chi connectivity index (χ0v) is 9.38. The number of carbonyl (C=O) groups is 1. The van der Waals surface area contributed by atoms with E-state index in [-0.39, 0.29) is 11.9 Å². The molecule has 2 N–H and O–H groups in total. The Balaban J connectivity index is 1.79. The van der Waals surface area contributed by atoms with Crippen LogP contribution in [-0.2, 0) is 4.79 Å². The van der Waals surface area contributed by atoms with Gasteiger partial charge in [-0.05, 0) is 45.6 Å². The van der Waals surface area contributed by atoms with Crippen molar-refractivity contribution in [1.82, 2.24) is 10.6 Å². The topological polar surface area (TPSA) is 41.1 Å². The van der Waals surface area contributed by atoms with Gasteiger partial charge in [-0.1, -0.05) is 11.6 Å². The highest BCUT2D eigenvalue weighted by molar-refractivity contribution is 5.82. The number of hydrogen-bond donors (Lipinski definition) is 2. The first-order chi connectivity index (χ1) is 7.25. The number of amides is 1. The van der Waals surface area contributed by atoms with Gasteiger partial charge in [0.25, 0.3) is 0 Å². The van der Waals surface area contributed by atoms with Gasteiger partial charge in [-0.15, -0.1) is 0 Å². The van der Waals surface area contributed by atoms with Gasteiger partial charge in [0.1, 0.15) is 0 Å². The van der Waals surface area contributed by atoms with Gasteiger partial charge < -0.3 is 10.6 Å². The van der Waals surface area contributed by atoms with Crippen LogP contribution in [0.15, 0.2) is 11.6 Å². The maximum absolute atomic E-state index is 11.8. The minimum Gasteiger partial charge on any atom is -0.352 e. The van der Waals surface area contributed by atoms with Crippen LogP contribution >= 0.6 is 0 Å². The lowest BCUT2D eigenvalue weighted by Gasteiger charge is -2.23. The number of allylic oxidation sites excluding steroid dienone is 1. The molecule has 15 heavy (non-hydrogen) atoms. The van der Waals surface area contributed by atoms with Gasteiger partial charge in [0, 0.05) is 6.04 Å². The minimum absolute atomic E-state index is 0.0667. The molecule has 0 unspecified atom stereocenters. The second kappa shape index (κ2) is 4.79. The third-order valence-corrected chi connectivity index (χ3v) is 3.36. The van der Waals surface area contributed by atoms with Gasteiger partial charge in [-0.2, -0.15) is 0 Å². The fraction of sp³-hybridized carbons (Fsp3) is 0.750. The number of hydrogen-bond acceptors (Lipinski definition) is 2. The third kappa shape index (κ3) is 2.81. The molecule has 1 fully saturated rings. The van der Waals surface area contributed by atoms with E-state index in [1.165, 1.54) is 5.57 Å². The highest BCUT2D eigenvalue weighted by atomic mass is 16.2. The number of nitrogens with one attached hydrogen (secondary N) is 2. The molecule has 84 valence electrons. The smallest absolute Gasteiger partial charge is 0.237 e. The molecular weight excluding hydrogens is 188 g/mol. The Hall–Kier alpha value is -0.830. The molecule has 0 aromatic heterocycles. The van der Waals surface area contributed by atoms with Crippen molar-refractivity contribution in [2.75, 3.05) is 6.54 Å².